The van der Waals surface area contributed by atoms with Crippen LogP contribution in [0.4, 0.5) is 4.79 Å². The van der Waals surface area contributed by atoms with Gasteiger partial charge in [-0.1, -0.05) is 60.7 Å². The van der Waals surface area contributed by atoms with E-state index in [0.29, 0.717) is 6.42 Å². The van der Waals surface area contributed by atoms with Crippen molar-refractivity contribution in [3.63, 3.8) is 0 Å². The fourth-order valence-electron chi connectivity index (χ4n) is 2.55. The Balaban J connectivity index is 2.05. The molecule has 1 heterocycles. The standard InChI is InChI=1S/C16H14N2O2/c19-14-16(18-15(20)17-14,13-9-5-2-6-10-13)11-12-7-3-1-4-8-12/h1-10H,11H2,(H2,17,18,19,20)/t16-/m0/s1. The smallest absolute Gasteiger partial charge is 0.319 e. The molecular formula is C16H14N2O2. The second kappa shape index (κ2) is 4.81. The molecule has 0 spiro atoms. The van der Waals surface area contributed by atoms with E-state index in [0.717, 1.165) is 11.1 Å². The number of carbonyl (C=O) groups excluding carboxylic acids is 2. The van der Waals surface area contributed by atoms with Crippen molar-refractivity contribution in [3.8, 4) is 0 Å². The van der Waals surface area contributed by atoms with Crippen LogP contribution in [0.3, 0.4) is 0 Å². The molecule has 100 valence electrons. The number of amides is 3. The molecule has 2 aromatic rings. The molecule has 1 aliphatic heterocycles. The summed E-state index contributed by atoms with van der Waals surface area (Å²) in [5, 5.41) is 5.12. The van der Waals surface area contributed by atoms with Gasteiger partial charge in [-0.3, -0.25) is 10.1 Å². The summed E-state index contributed by atoms with van der Waals surface area (Å²) >= 11 is 0. The molecule has 0 aromatic heterocycles. The summed E-state index contributed by atoms with van der Waals surface area (Å²) in [4.78, 5) is 23.9. The molecule has 0 unspecified atom stereocenters. The molecule has 0 aliphatic carbocycles. The van der Waals surface area contributed by atoms with Gasteiger partial charge in [-0.05, 0) is 11.1 Å². The van der Waals surface area contributed by atoms with Crippen LogP contribution in [0.1, 0.15) is 11.1 Å². The summed E-state index contributed by atoms with van der Waals surface area (Å²) in [7, 11) is 0. The summed E-state index contributed by atoms with van der Waals surface area (Å²) in [5.41, 5.74) is 0.751. The third-order valence-electron chi connectivity index (χ3n) is 3.52. The van der Waals surface area contributed by atoms with Gasteiger partial charge >= 0.3 is 6.03 Å². The molecule has 1 aliphatic rings. The molecule has 0 bridgehead atoms. The molecule has 1 atom stereocenters. The molecular weight excluding hydrogens is 252 g/mol. The number of rotatable bonds is 3. The van der Waals surface area contributed by atoms with Gasteiger partial charge in [0.15, 0.2) is 5.54 Å². The fourth-order valence-corrected chi connectivity index (χ4v) is 2.55. The number of carbonyl (C=O) groups is 2. The van der Waals surface area contributed by atoms with Crippen molar-refractivity contribution in [2.24, 2.45) is 0 Å². The van der Waals surface area contributed by atoms with Gasteiger partial charge in [0.05, 0.1) is 0 Å². The van der Waals surface area contributed by atoms with E-state index in [2.05, 4.69) is 10.6 Å². The van der Waals surface area contributed by atoms with Crippen molar-refractivity contribution in [2.75, 3.05) is 0 Å². The van der Waals surface area contributed by atoms with Crippen LogP contribution in [0, 0.1) is 0 Å². The quantitative estimate of drug-likeness (QED) is 0.834. The van der Waals surface area contributed by atoms with Crippen LogP contribution >= 0.6 is 0 Å². The van der Waals surface area contributed by atoms with Gasteiger partial charge in [-0.2, -0.15) is 0 Å². The molecule has 2 aromatic carbocycles. The lowest BCUT2D eigenvalue weighted by molar-refractivity contribution is -0.124. The molecule has 0 saturated carbocycles. The van der Waals surface area contributed by atoms with Crippen LogP contribution in [-0.4, -0.2) is 11.9 Å². The van der Waals surface area contributed by atoms with E-state index in [-0.39, 0.29) is 5.91 Å². The first-order valence-electron chi connectivity index (χ1n) is 6.44. The lowest BCUT2D eigenvalue weighted by Crippen LogP contribution is -2.45. The fraction of sp³-hybridized carbons (Fsp3) is 0.125. The van der Waals surface area contributed by atoms with Crippen LogP contribution in [0.25, 0.3) is 0 Å². The van der Waals surface area contributed by atoms with Gasteiger partial charge in [0.1, 0.15) is 0 Å². The molecule has 20 heavy (non-hydrogen) atoms. The van der Waals surface area contributed by atoms with Crippen LogP contribution in [-0.2, 0) is 16.8 Å². The highest BCUT2D eigenvalue weighted by Gasteiger charge is 2.47. The highest BCUT2D eigenvalue weighted by Crippen LogP contribution is 2.29. The molecule has 4 heteroatoms. The highest BCUT2D eigenvalue weighted by molar-refractivity contribution is 6.07. The molecule has 2 N–H and O–H groups in total. The van der Waals surface area contributed by atoms with E-state index in [4.69, 9.17) is 0 Å². The number of nitrogens with one attached hydrogen (secondary N) is 2. The Bertz CT molecular complexity index is 640. The predicted molar refractivity (Wildman–Crippen MR) is 74.9 cm³/mol. The minimum atomic E-state index is -1.03. The number of hydrogen-bond donors (Lipinski definition) is 2. The first-order valence-corrected chi connectivity index (χ1v) is 6.44. The zero-order valence-corrected chi connectivity index (χ0v) is 10.8. The Morgan fingerprint density at radius 3 is 2.00 bits per heavy atom. The molecule has 3 amide bonds. The monoisotopic (exact) mass is 266 g/mol. The maximum absolute atomic E-state index is 12.3. The number of benzene rings is 2. The number of urea groups is 1. The first kappa shape index (κ1) is 12.4. The van der Waals surface area contributed by atoms with Crippen molar-refractivity contribution in [1.82, 2.24) is 10.6 Å². The third-order valence-corrected chi connectivity index (χ3v) is 3.52. The van der Waals surface area contributed by atoms with Gasteiger partial charge < -0.3 is 5.32 Å². The maximum atomic E-state index is 12.3. The second-order valence-corrected chi connectivity index (χ2v) is 4.84. The maximum Gasteiger partial charge on any atom is 0.322 e. The summed E-state index contributed by atoms with van der Waals surface area (Å²) < 4.78 is 0. The summed E-state index contributed by atoms with van der Waals surface area (Å²) in [6.07, 6.45) is 0.426. The van der Waals surface area contributed by atoms with E-state index >= 15 is 0 Å². The molecule has 0 radical (unpaired) electrons. The zero-order chi connectivity index (χ0) is 14.0. The number of imide groups is 1. The van der Waals surface area contributed by atoms with E-state index in [9.17, 15) is 9.59 Å². The molecule has 4 nitrogen and oxygen atoms in total. The minimum absolute atomic E-state index is 0.308. The Kier molecular flexibility index (Phi) is 2.99. The lowest BCUT2D eigenvalue weighted by Gasteiger charge is -2.26. The first-order chi connectivity index (χ1) is 9.71. The lowest BCUT2D eigenvalue weighted by atomic mass is 9.84. The van der Waals surface area contributed by atoms with Gasteiger partial charge in [-0.25, -0.2) is 4.79 Å². The SMILES string of the molecule is O=C1NC(=O)[C@](Cc2ccccc2)(c2ccccc2)N1. The zero-order valence-electron chi connectivity index (χ0n) is 10.8. The van der Waals surface area contributed by atoms with Crippen molar-refractivity contribution < 1.29 is 9.59 Å². The van der Waals surface area contributed by atoms with Gasteiger partial charge in [0.25, 0.3) is 5.91 Å². The van der Waals surface area contributed by atoms with Crippen molar-refractivity contribution in [3.05, 3.63) is 71.8 Å². The van der Waals surface area contributed by atoms with Crippen molar-refractivity contribution >= 4 is 11.9 Å². The van der Waals surface area contributed by atoms with Crippen LogP contribution in [0.5, 0.6) is 0 Å². The van der Waals surface area contributed by atoms with E-state index < -0.39 is 11.6 Å². The van der Waals surface area contributed by atoms with Crippen LogP contribution < -0.4 is 10.6 Å². The van der Waals surface area contributed by atoms with Crippen molar-refractivity contribution in [1.29, 1.82) is 0 Å². The predicted octanol–water partition coefficient (Wildman–Crippen LogP) is 1.96. The number of hydrogen-bond acceptors (Lipinski definition) is 2. The Hall–Kier alpha value is -2.62. The summed E-state index contributed by atoms with van der Waals surface area (Å²) in [6, 6.07) is 18.5. The molecule has 1 fully saturated rings. The van der Waals surface area contributed by atoms with Crippen LogP contribution in [0.2, 0.25) is 0 Å². The second-order valence-electron chi connectivity index (χ2n) is 4.84. The topological polar surface area (TPSA) is 58.2 Å². The Labute approximate surface area is 116 Å². The summed E-state index contributed by atoms with van der Waals surface area (Å²) in [6.45, 7) is 0. The molecule has 3 rings (SSSR count). The average Bonchev–Trinajstić information content (AvgIpc) is 2.76. The third kappa shape index (κ3) is 2.05. The normalized spacial score (nSPS) is 21.4. The van der Waals surface area contributed by atoms with E-state index in [1.165, 1.54) is 0 Å². The Morgan fingerprint density at radius 2 is 1.45 bits per heavy atom. The van der Waals surface area contributed by atoms with Gasteiger partial charge in [0.2, 0.25) is 0 Å². The van der Waals surface area contributed by atoms with Gasteiger partial charge in [-0.15, -0.1) is 0 Å². The van der Waals surface area contributed by atoms with E-state index in [1.807, 2.05) is 60.7 Å². The highest BCUT2D eigenvalue weighted by atomic mass is 16.2. The van der Waals surface area contributed by atoms with Crippen LogP contribution in [0.15, 0.2) is 60.7 Å². The largest absolute Gasteiger partial charge is 0.322 e. The summed E-state index contributed by atoms with van der Waals surface area (Å²) in [5.74, 6) is -0.308. The van der Waals surface area contributed by atoms with Gasteiger partial charge in [0, 0.05) is 6.42 Å². The Morgan fingerprint density at radius 1 is 0.850 bits per heavy atom. The van der Waals surface area contributed by atoms with Crippen molar-refractivity contribution in [2.45, 2.75) is 12.0 Å². The minimum Gasteiger partial charge on any atom is -0.319 e. The average molecular weight is 266 g/mol. The molecule has 1 saturated heterocycles. The van der Waals surface area contributed by atoms with E-state index in [1.54, 1.807) is 0 Å².